The van der Waals surface area contributed by atoms with Crippen molar-refractivity contribution in [3.8, 4) is 0 Å². The highest BCUT2D eigenvalue weighted by molar-refractivity contribution is 9.10. The Morgan fingerprint density at radius 2 is 1.83 bits per heavy atom. The summed E-state index contributed by atoms with van der Waals surface area (Å²) in [6.45, 7) is 0. The zero-order valence-corrected chi connectivity index (χ0v) is 16.0. The van der Waals surface area contributed by atoms with E-state index in [0.717, 1.165) is 29.5 Å². The molecule has 1 atom stereocenters. The molecule has 0 N–H and O–H groups in total. The minimum atomic E-state index is -0.184. The number of rotatable bonds is 10. The van der Waals surface area contributed by atoms with E-state index in [1.807, 2.05) is 12.1 Å². The van der Waals surface area contributed by atoms with Gasteiger partial charge in [-0.2, -0.15) is 11.8 Å². The summed E-state index contributed by atoms with van der Waals surface area (Å²) in [5, 5.41) is 0.301. The third-order valence-corrected chi connectivity index (χ3v) is 5.24. The van der Waals surface area contributed by atoms with Crippen LogP contribution in [0.2, 0.25) is 0 Å². The largest absolute Gasteiger partial charge is 0.469 e. The number of unbranched alkanes of at least 4 members (excludes halogenated alkanes) is 1. The average Bonchev–Trinajstić information content (AvgIpc) is 2.56. The van der Waals surface area contributed by atoms with E-state index in [0.29, 0.717) is 18.1 Å². The van der Waals surface area contributed by atoms with Gasteiger partial charge in [0.1, 0.15) is 0 Å². The minimum absolute atomic E-state index is 0.164. The fraction of sp³-hybridized carbons (Fsp3) is 0.529. The molecule has 0 aliphatic rings. The molecule has 0 saturated heterocycles. The lowest BCUT2D eigenvalue weighted by molar-refractivity contribution is -0.141. The molecule has 4 nitrogen and oxygen atoms in total. The Bertz CT molecular complexity index is 507. The van der Waals surface area contributed by atoms with Crippen LogP contribution in [0.3, 0.4) is 0 Å². The third-order valence-electron chi connectivity index (χ3n) is 3.40. The third kappa shape index (κ3) is 8.42. The van der Waals surface area contributed by atoms with E-state index in [9.17, 15) is 9.59 Å². The number of esters is 2. The summed E-state index contributed by atoms with van der Waals surface area (Å²) in [6, 6.07) is 8.22. The van der Waals surface area contributed by atoms with Gasteiger partial charge in [0.25, 0.3) is 0 Å². The standard InChI is InChI=1S/C17H23BrO4S/c1-21-16(19)9-4-3-8-15(23-11-10-17(20)22-2)13-6-5-7-14(18)12-13/h5-7,12,15H,3-4,8-11H2,1-2H3. The Morgan fingerprint density at radius 3 is 2.48 bits per heavy atom. The lowest BCUT2D eigenvalue weighted by Crippen LogP contribution is -2.04. The molecule has 0 aliphatic heterocycles. The summed E-state index contributed by atoms with van der Waals surface area (Å²) >= 11 is 5.25. The monoisotopic (exact) mass is 402 g/mol. The van der Waals surface area contributed by atoms with Gasteiger partial charge in [-0.1, -0.05) is 34.5 Å². The van der Waals surface area contributed by atoms with Crippen molar-refractivity contribution in [2.45, 2.75) is 37.4 Å². The van der Waals surface area contributed by atoms with Crippen molar-refractivity contribution < 1.29 is 19.1 Å². The first kappa shape index (κ1) is 20.0. The SMILES string of the molecule is COC(=O)CCCCC(SCCC(=O)OC)c1cccc(Br)c1. The van der Waals surface area contributed by atoms with Crippen molar-refractivity contribution in [3.63, 3.8) is 0 Å². The molecule has 0 amide bonds. The van der Waals surface area contributed by atoms with Gasteiger partial charge in [0.2, 0.25) is 0 Å². The topological polar surface area (TPSA) is 52.6 Å². The van der Waals surface area contributed by atoms with Gasteiger partial charge in [-0.15, -0.1) is 0 Å². The van der Waals surface area contributed by atoms with Gasteiger partial charge in [-0.05, 0) is 30.5 Å². The lowest BCUT2D eigenvalue weighted by Gasteiger charge is -2.17. The highest BCUT2D eigenvalue weighted by atomic mass is 79.9. The average molecular weight is 403 g/mol. The molecule has 0 saturated carbocycles. The summed E-state index contributed by atoms with van der Waals surface area (Å²) in [6.07, 6.45) is 3.58. The summed E-state index contributed by atoms with van der Waals surface area (Å²) in [7, 11) is 2.82. The number of carbonyl (C=O) groups excluding carboxylic acids is 2. The van der Waals surface area contributed by atoms with Gasteiger partial charge in [0.15, 0.2) is 0 Å². The smallest absolute Gasteiger partial charge is 0.306 e. The molecule has 6 heteroatoms. The van der Waals surface area contributed by atoms with E-state index in [1.165, 1.54) is 19.8 Å². The van der Waals surface area contributed by atoms with Crippen LogP contribution in [0.4, 0.5) is 0 Å². The molecule has 0 aliphatic carbocycles. The first-order valence-electron chi connectivity index (χ1n) is 7.57. The van der Waals surface area contributed by atoms with Crippen LogP contribution in [0.5, 0.6) is 0 Å². The van der Waals surface area contributed by atoms with Crippen molar-refractivity contribution in [2.24, 2.45) is 0 Å². The van der Waals surface area contributed by atoms with Crippen LogP contribution in [0.25, 0.3) is 0 Å². The summed E-state index contributed by atoms with van der Waals surface area (Å²) < 4.78 is 10.4. The quantitative estimate of drug-likeness (QED) is 0.425. The molecule has 1 unspecified atom stereocenters. The Balaban J connectivity index is 2.54. The van der Waals surface area contributed by atoms with E-state index in [1.54, 1.807) is 11.8 Å². The molecule has 1 aromatic carbocycles. The number of benzene rings is 1. The van der Waals surface area contributed by atoms with Gasteiger partial charge < -0.3 is 9.47 Å². The molecule has 0 radical (unpaired) electrons. The van der Waals surface area contributed by atoms with Gasteiger partial charge in [0, 0.05) is 21.9 Å². The van der Waals surface area contributed by atoms with E-state index in [2.05, 4.69) is 37.5 Å². The maximum absolute atomic E-state index is 11.3. The number of thioether (sulfide) groups is 1. The molecule has 1 aromatic rings. The van der Waals surface area contributed by atoms with E-state index in [-0.39, 0.29) is 11.9 Å². The molecule has 23 heavy (non-hydrogen) atoms. The Morgan fingerprint density at radius 1 is 1.13 bits per heavy atom. The molecule has 0 spiro atoms. The zero-order valence-electron chi connectivity index (χ0n) is 13.5. The van der Waals surface area contributed by atoms with Gasteiger partial charge in [-0.25, -0.2) is 0 Å². The highest BCUT2D eigenvalue weighted by Gasteiger charge is 2.14. The number of hydrogen-bond donors (Lipinski definition) is 0. The van der Waals surface area contributed by atoms with Crippen molar-refractivity contribution >= 4 is 39.6 Å². The Hall–Kier alpha value is -1.01. The highest BCUT2D eigenvalue weighted by Crippen LogP contribution is 2.35. The molecule has 0 fully saturated rings. The second-order valence-corrected chi connectivity index (χ2v) is 7.29. The first-order valence-corrected chi connectivity index (χ1v) is 9.41. The number of hydrogen-bond acceptors (Lipinski definition) is 5. The second kappa shape index (κ2) is 11.5. The van der Waals surface area contributed by atoms with E-state index in [4.69, 9.17) is 0 Å². The summed E-state index contributed by atoms with van der Waals surface area (Å²) in [5.74, 6) is 0.374. The first-order chi connectivity index (χ1) is 11.1. The van der Waals surface area contributed by atoms with Gasteiger partial charge in [0.05, 0.1) is 20.6 Å². The van der Waals surface area contributed by atoms with Crippen molar-refractivity contribution in [2.75, 3.05) is 20.0 Å². The van der Waals surface area contributed by atoms with Gasteiger partial charge in [-0.3, -0.25) is 9.59 Å². The second-order valence-electron chi connectivity index (χ2n) is 5.06. The zero-order chi connectivity index (χ0) is 17.1. The number of ether oxygens (including phenoxy) is 2. The van der Waals surface area contributed by atoms with Crippen molar-refractivity contribution in [1.82, 2.24) is 0 Å². The molecular weight excluding hydrogens is 380 g/mol. The lowest BCUT2D eigenvalue weighted by atomic mass is 10.1. The summed E-state index contributed by atoms with van der Waals surface area (Å²) in [4.78, 5) is 22.4. The molecule has 0 heterocycles. The van der Waals surface area contributed by atoms with Crippen LogP contribution in [0, 0.1) is 0 Å². The van der Waals surface area contributed by atoms with E-state index >= 15 is 0 Å². The van der Waals surface area contributed by atoms with Crippen molar-refractivity contribution in [1.29, 1.82) is 0 Å². The minimum Gasteiger partial charge on any atom is -0.469 e. The van der Waals surface area contributed by atoms with Crippen LogP contribution in [0.15, 0.2) is 28.7 Å². The van der Waals surface area contributed by atoms with Crippen LogP contribution in [-0.2, 0) is 19.1 Å². The maximum Gasteiger partial charge on any atom is 0.306 e. The Kier molecular flexibility index (Phi) is 10.0. The molecule has 0 aromatic heterocycles. The van der Waals surface area contributed by atoms with Crippen LogP contribution >= 0.6 is 27.7 Å². The maximum atomic E-state index is 11.3. The normalized spacial score (nSPS) is 11.8. The number of methoxy groups -OCH3 is 2. The predicted molar refractivity (Wildman–Crippen MR) is 96.5 cm³/mol. The van der Waals surface area contributed by atoms with Crippen LogP contribution < -0.4 is 0 Å². The van der Waals surface area contributed by atoms with E-state index < -0.39 is 0 Å². The van der Waals surface area contributed by atoms with Crippen LogP contribution in [-0.4, -0.2) is 31.9 Å². The predicted octanol–water partition coefficient (Wildman–Crippen LogP) is 4.52. The fourth-order valence-corrected chi connectivity index (χ4v) is 3.80. The number of halogens is 1. The van der Waals surface area contributed by atoms with Gasteiger partial charge >= 0.3 is 11.9 Å². The molecule has 128 valence electrons. The fourth-order valence-electron chi connectivity index (χ4n) is 2.14. The number of carbonyl (C=O) groups is 2. The molecular formula is C17H23BrO4S. The Labute approximate surface area is 150 Å². The molecule has 1 rings (SSSR count). The van der Waals surface area contributed by atoms with Crippen molar-refractivity contribution in [3.05, 3.63) is 34.3 Å². The van der Waals surface area contributed by atoms with Crippen LogP contribution in [0.1, 0.15) is 42.9 Å². The molecule has 0 bridgehead atoms. The summed E-state index contributed by atoms with van der Waals surface area (Å²) in [5.41, 5.74) is 1.23.